The number of nitrogens with one attached hydrogen (secondary N) is 1. The van der Waals surface area contributed by atoms with Gasteiger partial charge in [0.1, 0.15) is 0 Å². The molecule has 0 aliphatic heterocycles. The fourth-order valence-corrected chi connectivity index (χ4v) is 2.73. The van der Waals surface area contributed by atoms with Crippen LogP contribution in [0.1, 0.15) is 38.3 Å². The number of amides is 1. The van der Waals surface area contributed by atoms with E-state index in [2.05, 4.69) is 5.32 Å². The Bertz CT molecular complexity index is 757. The lowest BCUT2D eigenvalue weighted by atomic mass is 9.86. The summed E-state index contributed by atoms with van der Waals surface area (Å²) >= 11 is 0. The van der Waals surface area contributed by atoms with Crippen molar-refractivity contribution >= 4 is 17.8 Å². The summed E-state index contributed by atoms with van der Waals surface area (Å²) in [7, 11) is 1.61. The number of rotatable bonds is 2. The average Bonchev–Trinajstić information content (AvgIpc) is 2.57. The van der Waals surface area contributed by atoms with Crippen LogP contribution in [0.5, 0.6) is 0 Å². The molecule has 1 N–H and O–H groups in total. The molecule has 0 saturated carbocycles. The summed E-state index contributed by atoms with van der Waals surface area (Å²) in [6, 6.07) is 15.0. The molecule has 1 aliphatic rings. The van der Waals surface area contributed by atoms with Crippen LogP contribution in [-0.2, 0) is 6.42 Å². The zero-order chi connectivity index (χ0) is 15.5. The third-order valence-electron chi connectivity index (χ3n) is 3.96. The van der Waals surface area contributed by atoms with E-state index in [1.54, 1.807) is 19.2 Å². The molecule has 0 aromatic heterocycles. The van der Waals surface area contributed by atoms with Gasteiger partial charge in [0.2, 0.25) is 0 Å². The number of Topliss-reactive ketones (excluding diaryl/α,β-unsaturated/α-hetero) is 1. The number of benzene rings is 2. The lowest BCUT2D eigenvalue weighted by Crippen LogP contribution is -2.17. The van der Waals surface area contributed by atoms with E-state index in [0.29, 0.717) is 5.56 Å². The molecule has 0 saturated heterocycles. The molecule has 3 rings (SSSR count). The van der Waals surface area contributed by atoms with E-state index >= 15 is 0 Å². The number of carbonyl (C=O) groups is 2. The molecule has 1 aliphatic carbocycles. The highest BCUT2D eigenvalue weighted by Gasteiger charge is 2.21. The molecule has 0 spiro atoms. The van der Waals surface area contributed by atoms with Gasteiger partial charge in [0.05, 0.1) is 0 Å². The van der Waals surface area contributed by atoms with E-state index < -0.39 is 0 Å². The van der Waals surface area contributed by atoms with Gasteiger partial charge in [-0.3, -0.25) is 9.59 Å². The second-order valence-corrected chi connectivity index (χ2v) is 5.36. The van der Waals surface area contributed by atoms with Crippen molar-refractivity contribution in [3.63, 3.8) is 0 Å². The van der Waals surface area contributed by atoms with Crippen LogP contribution in [-0.4, -0.2) is 18.7 Å². The molecule has 22 heavy (non-hydrogen) atoms. The smallest absolute Gasteiger partial charge is 0.251 e. The SMILES string of the molecule is CNC(=O)c1ccc(/C=C2\CCc3ccccc3C2=O)cc1. The van der Waals surface area contributed by atoms with Gasteiger partial charge in [-0.05, 0) is 42.2 Å². The highest BCUT2D eigenvalue weighted by molar-refractivity contribution is 6.13. The van der Waals surface area contributed by atoms with Crippen molar-refractivity contribution in [1.82, 2.24) is 5.32 Å². The first-order chi connectivity index (χ1) is 10.7. The van der Waals surface area contributed by atoms with Crippen LogP contribution in [0.15, 0.2) is 54.1 Å². The van der Waals surface area contributed by atoms with Gasteiger partial charge in [0, 0.05) is 23.7 Å². The first-order valence-electron chi connectivity index (χ1n) is 7.34. The number of carbonyl (C=O) groups excluding carboxylic acids is 2. The van der Waals surface area contributed by atoms with Crippen molar-refractivity contribution in [2.75, 3.05) is 7.05 Å². The Hall–Kier alpha value is -2.68. The third kappa shape index (κ3) is 2.70. The second-order valence-electron chi connectivity index (χ2n) is 5.36. The van der Waals surface area contributed by atoms with E-state index in [0.717, 1.165) is 35.1 Å². The molecule has 3 nitrogen and oxygen atoms in total. The lowest BCUT2D eigenvalue weighted by Gasteiger charge is -2.17. The minimum Gasteiger partial charge on any atom is -0.355 e. The summed E-state index contributed by atoms with van der Waals surface area (Å²) in [4.78, 5) is 24.0. The molecule has 2 aromatic carbocycles. The molecule has 0 atom stereocenters. The van der Waals surface area contributed by atoms with E-state index in [1.807, 2.05) is 42.5 Å². The van der Waals surface area contributed by atoms with Crippen molar-refractivity contribution in [3.05, 3.63) is 76.4 Å². The van der Waals surface area contributed by atoms with Crippen LogP contribution in [0, 0.1) is 0 Å². The number of fused-ring (bicyclic) bond motifs is 1. The monoisotopic (exact) mass is 291 g/mol. The standard InChI is InChI=1S/C19H17NO2/c1-20-19(22)15-8-6-13(7-9-15)12-16-11-10-14-4-2-3-5-17(14)18(16)21/h2-9,12H,10-11H2,1H3,(H,20,22)/b16-12+. The zero-order valence-electron chi connectivity index (χ0n) is 12.4. The molecule has 1 amide bonds. The van der Waals surface area contributed by atoms with Gasteiger partial charge in [0.15, 0.2) is 5.78 Å². The summed E-state index contributed by atoms with van der Waals surface area (Å²) in [5.41, 5.74) is 4.31. The molecular formula is C19H17NO2. The number of aryl methyl sites for hydroxylation is 1. The number of ketones is 1. The normalized spacial score (nSPS) is 15.5. The molecule has 0 heterocycles. The van der Waals surface area contributed by atoms with Gasteiger partial charge in [-0.1, -0.05) is 36.4 Å². The second kappa shape index (κ2) is 5.98. The zero-order valence-corrected chi connectivity index (χ0v) is 12.4. The quantitative estimate of drug-likeness (QED) is 0.863. The fourth-order valence-electron chi connectivity index (χ4n) is 2.73. The molecule has 3 heteroatoms. The molecule has 0 unspecified atom stereocenters. The van der Waals surface area contributed by atoms with Crippen molar-refractivity contribution in [3.8, 4) is 0 Å². The Morgan fingerprint density at radius 2 is 1.77 bits per heavy atom. The van der Waals surface area contributed by atoms with Crippen LogP contribution in [0.3, 0.4) is 0 Å². The first kappa shape index (κ1) is 14.3. The van der Waals surface area contributed by atoms with Crippen molar-refractivity contribution in [2.24, 2.45) is 0 Å². The summed E-state index contributed by atoms with van der Waals surface area (Å²) in [5, 5.41) is 2.59. The Kier molecular flexibility index (Phi) is 3.88. The Labute approximate surface area is 129 Å². The van der Waals surface area contributed by atoms with Gasteiger partial charge in [-0.25, -0.2) is 0 Å². The average molecular weight is 291 g/mol. The highest BCUT2D eigenvalue weighted by atomic mass is 16.1. The topological polar surface area (TPSA) is 46.2 Å². The van der Waals surface area contributed by atoms with Crippen LogP contribution in [0.4, 0.5) is 0 Å². The molecule has 110 valence electrons. The number of hydrogen-bond acceptors (Lipinski definition) is 2. The van der Waals surface area contributed by atoms with Gasteiger partial charge in [-0.2, -0.15) is 0 Å². The number of hydrogen-bond donors (Lipinski definition) is 1. The van der Waals surface area contributed by atoms with Crippen molar-refractivity contribution < 1.29 is 9.59 Å². The molecule has 0 fully saturated rings. The maximum atomic E-state index is 12.5. The van der Waals surface area contributed by atoms with Crippen molar-refractivity contribution in [1.29, 1.82) is 0 Å². The van der Waals surface area contributed by atoms with Crippen LogP contribution >= 0.6 is 0 Å². The molecular weight excluding hydrogens is 274 g/mol. The highest BCUT2D eigenvalue weighted by Crippen LogP contribution is 2.26. The fraction of sp³-hybridized carbons (Fsp3) is 0.158. The summed E-state index contributed by atoms with van der Waals surface area (Å²) < 4.78 is 0. The lowest BCUT2D eigenvalue weighted by molar-refractivity contribution is 0.0962. The minimum atomic E-state index is -0.109. The minimum absolute atomic E-state index is 0.109. The Morgan fingerprint density at radius 3 is 2.50 bits per heavy atom. The van der Waals surface area contributed by atoms with Crippen LogP contribution in [0.2, 0.25) is 0 Å². The van der Waals surface area contributed by atoms with E-state index in [9.17, 15) is 9.59 Å². The van der Waals surface area contributed by atoms with Gasteiger partial charge >= 0.3 is 0 Å². The first-order valence-corrected chi connectivity index (χ1v) is 7.34. The van der Waals surface area contributed by atoms with Gasteiger partial charge in [0.25, 0.3) is 5.91 Å². The number of allylic oxidation sites excluding steroid dienone is 1. The summed E-state index contributed by atoms with van der Waals surface area (Å²) in [6.07, 6.45) is 3.57. The van der Waals surface area contributed by atoms with Gasteiger partial charge < -0.3 is 5.32 Å². The van der Waals surface area contributed by atoms with Crippen molar-refractivity contribution in [2.45, 2.75) is 12.8 Å². The Morgan fingerprint density at radius 1 is 1.05 bits per heavy atom. The molecule has 0 bridgehead atoms. The van der Waals surface area contributed by atoms with E-state index in [1.165, 1.54) is 0 Å². The van der Waals surface area contributed by atoms with E-state index in [4.69, 9.17) is 0 Å². The van der Waals surface area contributed by atoms with Crippen LogP contribution in [0.25, 0.3) is 6.08 Å². The predicted molar refractivity (Wildman–Crippen MR) is 86.9 cm³/mol. The summed E-state index contributed by atoms with van der Waals surface area (Å²) in [6.45, 7) is 0. The maximum absolute atomic E-state index is 12.5. The predicted octanol–water partition coefficient (Wildman–Crippen LogP) is 3.26. The maximum Gasteiger partial charge on any atom is 0.251 e. The molecule has 2 aromatic rings. The Balaban J connectivity index is 1.87. The van der Waals surface area contributed by atoms with E-state index in [-0.39, 0.29) is 11.7 Å². The van der Waals surface area contributed by atoms with Crippen LogP contribution < -0.4 is 5.32 Å². The largest absolute Gasteiger partial charge is 0.355 e. The molecule has 0 radical (unpaired) electrons. The van der Waals surface area contributed by atoms with Gasteiger partial charge in [-0.15, -0.1) is 0 Å². The summed E-state index contributed by atoms with van der Waals surface area (Å²) in [5.74, 6) is -0.000832. The third-order valence-corrected chi connectivity index (χ3v) is 3.96.